The number of H-pyrrole nitrogens is 1. The first-order valence-electron chi connectivity index (χ1n) is 13.2. The van der Waals surface area contributed by atoms with Crippen molar-refractivity contribution in [2.24, 2.45) is 0 Å². The molecule has 0 bridgehead atoms. The maximum Gasteiger partial charge on any atom is 0.271 e. The van der Waals surface area contributed by atoms with Crippen LogP contribution in [0.4, 0.5) is 22.0 Å². The van der Waals surface area contributed by atoms with E-state index in [0.717, 1.165) is 28.3 Å². The molecular weight excluding hydrogens is 577 g/mol. The molecule has 12 heteroatoms. The zero-order valence-electron chi connectivity index (χ0n) is 22.6. The van der Waals surface area contributed by atoms with Gasteiger partial charge in [-0.15, -0.1) is 11.3 Å². The SMILES string of the molecule is COc1cc(Oc2c(-c3cc(F)c(F)cc3C(C)(F)F)sc3c2ccc2[nH]ncc23)ccc1OC1CN(CCCF)C1. The van der Waals surface area contributed by atoms with Gasteiger partial charge in [0.2, 0.25) is 0 Å². The van der Waals surface area contributed by atoms with E-state index in [1.165, 1.54) is 7.11 Å². The highest BCUT2D eigenvalue weighted by molar-refractivity contribution is 7.23. The Kier molecular flexibility index (Phi) is 7.44. The molecule has 1 aliphatic heterocycles. The third-order valence-corrected chi connectivity index (χ3v) is 8.44. The van der Waals surface area contributed by atoms with Crippen molar-refractivity contribution in [3.8, 4) is 33.4 Å². The van der Waals surface area contributed by atoms with Gasteiger partial charge in [0.15, 0.2) is 28.9 Å². The summed E-state index contributed by atoms with van der Waals surface area (Å²) in [5.41, 5.74) is -0.123. The van der Waals surface area contributed by atoms with Crippen LogP contribution in [0.25, 0.3) is 31.4 Å². The average Bonchev–Trinajstić information content (AvgIpc) is 3.56. The van der Waals surface area contributed by atoms with Crippen LogP contribution in [-0.4, -0.2) is 54.6 Å². The molecule has 6 nitrogen and oxygen atoms in total. The maximum absolute atomic E-state index is 14.7. The number of nitrogens with one attached hydrogen (secondary N) is 1. The van der Waals surface area contributed by atoms with Crippen molar-refractivity contribution >= 4 is 32.3 Å². The van der Waals surface area contributed by atoms with Crippen LogP contribution in [0.2, 0.25) is 0 Å². The number of benzene rings is 3. The molecule has 220 valence electrons. The van der Waals surface area contributed by atoms with E-state index in [9.17, 15) is 22.0 Å². The molecule has 3 heterocycles. The number of aromatic amines is 1. The fraction of sp³-hybridized carbons (Fsp3) is 0.300. The van der Waals surface area contributed by atoms with Gasteiger partial charge in [0.1, 0.15) is 11.9 Å². The number of likely N-dealkylation sites (tertiary alicyclic amines) is 1. The minimum atomic E-state index is -3.46. The number of alkyl halides is 3. The van der Waals surface area contributed by atoms with Crippen LogP contribution >= 0.6 is 11.3 Å². The largest absolute Gasteiger partial charge is 0.493 e. The van der Waals surface area contributed by atoms with Gasteiger partial charge in [0.05, 0.1) is 30.4 Å². The quantitative estimate of drug-likeness (QED) is 0.164. The molecule has 2 aromatic heterocycles. The number of methoxy groups -OCH3 is 1. The van der Waals surface area contributed by atoms with E-state index in [1.807, 2.05) is 0 Å². The zero-order chi connectivity index (χ0) is 29.6. The second-order valence-electron chi connectivity index (χ2n) is 10.2. The van der Waals surface area contributed by atoms with Crippen LogP contribution in [0.15, 0.2) is 48.7 Å². The van der Waals surface area contributed by atoms with Gasteiger partial charge in [-0.05, 0) is 42.8 Å². The number of hydrogen-bond acceptors (Lipinski definition) is 6. The lowest BCUT2D eigenvalue weighted by Gasteiger charge is -2.39. The van der Waals surface area contributed by atoms with Gasteiger partial charge in [0.25, 0.3) is 5.92 Å². The fourth-order valence-electron chi connectivity index (χ4n) is 5.10. The van der Waals surface area contributed by atoms with Gasteiger partial charge < -0.3 is 14.2 Å². The summed E-state index contributed by atoms with van der Waals surface area (Å²) >= 11 is 1.12. The summed E-state index contributed by atoms with van der Waals surface area (Å²) in [5.74, 6) is -4.69. The van der Waals surface area contributed by atoms with Gasteiger partial charge in [-0.2, -0.15) is 5.10 Å². The normalized spacial score (nSPS) is 14.5. The Morgan fingerprint density at radius 1 is 1.05 bits per heavy atom. The molecule has 1 aliphatic rings. The Labute approximate surface area is 241 Å². The highest BCUT2D eigenvalue weighted by atomic mass is 32.1. The third-order valence-electron chi connectivity index (χ3n) is 7.19. The summed E-state index contributed by atoms with van der Waals surface area (Å²) in [4.78, 5) is 2.30. The van der Waals surface area contributed by atoms with Gasteiger partial charge in [-0.1, -0.05) is 0 Å². The molecule has 0 atom stereocenters. The van der Waals surface area contributed by atoms with Gasteiger partial charge in [0, 0.05) is 59.2 Å². The van der Waals surface area contributed by atoms with Crippen LogP contribution in [0.5, 0.6) is 23.0 Å². The molecule has 5 aromatic rings. The number of nitrogens with zero attached hydrogens (tertiary/aromatic N) is 2. The van der Waals surface area contributed by atoms with Crippen molar-refractivity contribution in [1.82, 2.24) is 15.1 Å². The first-order valence-corrected chi connectivity index (χ1v) is 14.0. The van der Waals surface area contributed by atoms with Crippen molar-refractivity contribution in [1.29, 1.82) is 0 Å². The molecule has 0 spiro atoms. The number of thiophene rings is 1. The first kappa shape index (κ1) is 28.2. The van der Waals surface area contributed by atoms with Crippen LogP contribution in [0, 0.1) is 11.6 Å². The van der Waals surface area contributed by atoms with E-state index >= 15 is 0 Å². The molecule has 6 rings (SSSR count). The number of fused-ring (bicyclic) bond motifs is 3. The number of aromatic nitrogens is 2. The third kappa shape index (κ3) is 5.24. The first-order chi connectivity index (χ1) is 20.2. The van der Waals surface area contributed by atoms with Gasteiger partial charge in [-0.25, -0.2) is 17.6 Å². The van der Waals surface area contributed by atoms with E-state index in [-0.39, 0.29) is 29.0 Å². The molecule has 1 N–H and O–H groups in total. The number of ether oxygens (including phenoxy) is 3. The van der Waals surface area contributed by atoms with Crippen molar-refractivity contribution in [2.75, 3.05) is 33.4 Å². The minimum absolute atomic E-state index is 0.0717. The van der Waals surface area contributed by atoms with Crippen LogP contribution in [0.3, 0.4) is 0 Å². The average molecular weight is 604 g/mol. The van der Waals surface area contributed by atoms with Crippen LogP contribution in [0.1, 0.15) is 18.9 Å². The van der Waals surface area contributed by atoms with E-state index in [0.29, 0.717) is 66.4 Å². The number of halogens is 5. The van der Waals surface area contributed by atoms with Gasteiger partial charge in [-0.3, -0.25) is 14.4 Å². The molecule has 0 amide bonds. The predicted molar refractivity (Wildman–Crippen MR) is 151 cm³/mol. The van der Waals surface area contributed by atoms with Crippen LogP contribution in [-0.2, 0) is 5.92 Å². The lowest BCUT2D eigenvalue weighted by atomic mass is 9.99. The minimum Gasteiger partial charge on any atom is -0.493 e. The van der Waals surface area contributed by atoms with Gasteiger partial charge >= 0.3 is 0 Å². The molecule has 0 aliphatic carbocycles. The topological polar surface area (TPSA) is 59.6 Å². The Morgan fingerprint density at radius 2 is 1.83 bits per heavy atom. The molecule has 42 heavy (non-hydrogen) atoms. The van der Waals surface area contributed by atoms with Crippen LogP contribution < -0.4 is 14.2 Å². The van der Waals surface area contributed by atoms with E-state index in [4.69, 9.17) is 14.2 Å². The summed E-state index contributed by atoms with van der Waals surface area (Å²) < 4.78 is 89.1. The molecule has 0 saturated carbocycles. The molecule has 1 saturated heterocycles. The van der Waals surface area contributed by atoms with Crippen molar-refractivity contribution in [3.05, 3.63) is 65.9 Å². The summed E-state index contributed by atoms with van der Waals surface area (Å²) in [6, 6.07) is 9.79. The Balaban J connectivity index is 1.40. The number of rotatable bonds is 10. The summed E-state index contributed by atoms with van der Waals surface area (Å²) in [6.07, 6.45) is 2.02. The molecule has 0 unspecified atom stereocenters. The Morgan fingerprint density at radius 3 is 2.57 bits per heavy atom. The van der Waals surface area contributed by atoms with E-state index in [1.54, 1.807) is 36.5 Å². The lowest BCUT2D eigenvalue weighted by molar-refractivity contribution is 0.0169. The Hall–Kier alpha value is -3.90. The smallest absolute Gasteiger partial charge is 0.271 e. The standard InChI is InChI=1S/C30H26F5N3O3S/c1-30(34,35)21-12-23(33)22(32)11-19(21)29-27(18-5-6-24-20(13-36-37-24)28(18)42-29)41-16-4-7-25(26(10-16)39-2)40-17-14-38(15-17)9-3-8-31/h4-7,10-13,17H,3,8-9,14-15H2,1-2H3,(H,36,37). The second-order valence-corrected chi connectivity index (χ2v) is 11.2. The maximum atomic E-state index is 14.7. The van der Waals surface area contributed by atoms with E-state index in [2.05, 4.69) is 15.1 Å². The highest BCUT2D eigenvalue weighted by Gasteiger charge is 2.33. The molecule has 1 fully saturated rings. The second kappa shape index (κ2) is 11.1. The summed E-state index contributed by atoms with van der Waals surface area (Å²) in [7, 11) is 1.48. The summed E-state index contributed by atoms with van der Waals surface area (Å²) in [5, 5.41) is 8.26. The fourth-order valence-corrected chi connectivity index (χ4v) is 6.37. The zero-order valence-corrected chi connectivity index (χ0v) is 23.5. The van der Waals surface area contributed by atoms with Crippen molar-refractivity contribution in [2.45, 2.75) is 25.4 Å². The van der Waals surface area contributed by atoms with Crippen molar-refractivity contribution in [3.63, 3.8) is 0 Å². The number of hydrogen-bond donors (Lipinski definition) is 1. The van der Waals surface area contributed by atoms with Crippen molar-refractivity contribution < 1.29 is 36.2 Å². The monoisotopic (exact) mass is 603 g/mol. The highest BCUT2D eigenvalue weighted by Crippen LogP contribution is 2.51. The predicted octanol–water partition coefficient (Wildman–Crippen LogP) is 8.06. The van der Waals surface area contributed by atoms with E-state index < -0.39 is 23.1 Å². The molecular formula is C30H26F5N3O3S. The summed E-state index contributed by atoms with van der Waals surface area (Å²) in [6.45, 7) is 2.30. The Bertz CT molecular complexity index is 1760. The molecule has 3 aromatic carbocycles. The molecule has 0 radical (unpaired) electrons. The lowest BCUT2D eigenvalue weighted by Crippen LogP contribution is -2.53.